The highest BCUT2D eigenvalue weighted by Crippen LogP contribution is 2.30. The zero-order valence-electron chi connectivity index (χ0n) is 11.2. The van der Waals surface area contributed by atoms with Gasteiger partial charge >= 0.3 is 0 Å². The molecule has 1 saturated carbocycles. The Morgan fingerprint density at radius 1 is 1.21 bits per heavy atom. The van der Waals surface area contributed by atoms with Crippen LogP contribution in [0.4, 0.5) is 11.4 Å². The van der Waals surface area contributed by atoms with E-state index in [2.05, 4.69) is 21.6 Å². The van der Waals surface area contributed by atoms with Gasteiger partial charge in [-0.1, -0.05) is 18.6 Å². The van der Waals surface area contributed by atoms with Crippen LogP contribution in [0.25, 0.3) is 0 Å². The highest BCUT2D eigenvalue weighted by atomic mass is 16.1. The van der Waals surface area contributed by atoms with Crippen molar-refractivity contribution in [2.45, 2.75) is 19.3 Å². The molecule has 0 atom stereocenters. The maximum Gasteiger partial charge on any atom is 0.227 e. The van der Waals surface area contributed by atoms with Crippen LogP contribution < -0.4 is 15.5 Å². The molecule has 2 N–H and O–H groups in total. The molecular formula is C15H21N3O. The SMILES string of the molecule is O=C(Nc1ccccc1N1CCNCC1)C1CCC1. The third-order valence-electron chi connectivity index (χ3n) is 4.10. The summed E-state index contributed by atoms with van der Waals surface area (Å²) in [4.78, 5) is 14.4. The molecule has 3 rings (SSSR count). The van der Waals surface area contributed by atoms with Crippen molar-refractivity contribution in [2.24, 2.45) is 5.92 Å². The lowest BCUT2D eigenvalue weighted by atomic mass is 9.85. The van der Waals surface area contributed by atoms with Gasteiger partial charge in [0.1, 0.15) is 0 Å². The number of hydrogen-bond acceptors (Lipinski definition) is 3. The summed E-state index contributed by atoms with van der Waals surface area (Å²) >= 11 is 0. The van der Waals surface area contributed by atoms with Gasteiger partial charge in [0.05, 0.1) is 11.4 Å². The van der Waals surface area contributed by atoms with Crippen LogP contribution in [-0.2, 0) is 4.79 Å². The topological polar surface area (TPSA) is 44.4 Å². The molecule has 1 aromatic rings. The molecule has 0 unspecified atom stereocenters. The highest BCUT2D eigenvalue weighted by molar-refractivity contribution is 5.96. The van der Waals surface area contributed by atoms with Crippen molar-refractivity contribution in [1.82, 2.24) is 5.32 Å². The smallest absolute Gasteiger partial charge is 0.227 e. The van der Waals surface area contributed by atoms with Crippen molar-refractivity contribution in [3.8, 4) is 0 Å². The van der Waals surface area contributed by atoms with E-state index in [1.54, 1.807) is 0 Å². The van der Waals surface area contributed by atoms with E-state index in [1.807, 2.05) is 18.2 Å². The summed E-state index contributed by atoms with van der Waals surface area (Å²) in [5.41, 5.74) is 2.11. The molecule has 2 aliphatic rings. The number of nitrogens with zero attached hydrogens (tertiary/aromatic N) is 1. The molecule has 2 fully saturated rings. The lowest BCUT2D eigenvalue weighted by Gasteiger charge is -2.32. The molecule has 0 aromatic heterocycles. The van der Waals surface area contributed by atoms with Crippen LogP contribution in [0, 0.1) is 5.92 Å². The first-order valence-electron chi connectivity index (χ1n) is 7.20. The zero-order valence-corrected chi connectivity index (χ0v) is 11.2. The third kappa shape index (κ3) is 2.73. The van der Waals surface area contributed by atoms with E-state index in [9.17, 15) is 4.79 Å². The second-order valence-corrected chi connectivity index (χ2v) is 5.37. The Morgan fingerprint density at radius 2 is 1.95 bits per heavy atom. The number of amides is 1. The molecule has 19 heavy (non-hydrogen) atoms. The summed E-state index contributed by atoms with van der Waals surface area (Å²) in [7, 11) is 0. The molecule has 0 spiro atoms. The van der Waals surface area contributed by atoms with Crippen LogP contribution in [0.2, 0.25) is 0 Å². The lowest BCUT2D eigenvalue weighted by Crippen LogP contribution is -2.44. The fraction of sp³-hybridized carbons (Fsp3) is 0.533. The van der Waals surface area contributed by atoms with Gasteiger partial charge in [0.2, 0.25) is 5.91 Å². The third-order valence-corrected chi connectivity index (χ3v) is 4.10. The molecule has 4 heteroatoms. The van der Waals surface area contributed by atoms with E-state index >= 15 is 0 Å². The number of piperazine rings is 1. The Bertz CT molecular complexity index is 450. The standard InChI is InChI=1S/C15H21N3O/c19-15(12-4-3-5-12)17-13-6-1-2-7-14(13)18-10-8-16-9-11-18/h1-2,6-7,12,16H,3-5,8-11H2,(H,17,19). The molecule has 1 saturated heterocycles. The highest BCUT2D eigenvalue weighted by Gasteiger charge is 2.26. The maximum atomic E-state index is 12.1. The van der Waals surface area contributed by atoms with Crippen molar-refractivity contribution < 1.29 is 4.79 Å². The number of nitrogens with one attached hydrogen (secondary N) is 2. The fourth-order valence-corrected chi connectivity index (χ4v) is 2.67. The monoisotopic (exact) mass is 259 g/mol. The molecule has 102 valence electrons. The first kappa shape index (κ1) is 12.5. The minimum absolute atomic E-state index is 0.189. The number of rotatable bonds is 3. The summed E-state index contributed by atoms with van der Waals surface area (Å²) in [6.07, 6.45) is 3.28. The van der Waals surface area contributed by atoms with Gasteiger partial charge in [0.15, 0.2) is 0 Å². The predicted molar refractivity (Wildman–Crippen MR) is 77.5 cm³/mol. The minimum Gasteiger partial charge on any atom is -0.367 e. The van der Waals surface area contributed by atoms with Gasteiger partial charge in [-0.15, -0.1) is 0 Å². The lowest BCUT2D eigenvalue weighted by molar-refractivity contribution is -0.122. The number of carbonyl (C=O) groups is 1. The molecule has 1 aliphatic heterocycles. The summed E-state index contributed by atoms with van der Waals surface area (Å²) in [5, 5.41) is 6.46. The summed E-state index contributed by atoms with van der Waals surface area (Å²) < 4.78 is 0. The van der Waals surface area contributed by atoms with Crippen molar-refractivity contribution in [1.29, 1.82) is 0 Å². The van der Waals surface area contributed by atoms with Crippen LogP contribution in [0.15, 0.2) is 24.3 Å². The Labute approximate surface area is 114 Å². The Balaban J connectivity index is 1.74. The summed E-state index contributed by atoms with van der Waals surface area (Å²) in [6, 6.07) is 8.13. The van der Waals surface area contributed by atoms with Crippen LogP contribution >= 0.6 is 0 Å². The summed E-state index contributed by atoms with van der Waals surface area (Å²) in [5.74, 6) is 0.421. The molecule has 0 radical (unpaired) electrons. The van der Waals surface area contributed by atoms with Gasteiger partial charge in [-0.05, 0) is 25.0 Å². The molecule has 4 nitrogen and oxygen atoms in total. The number of benzene rings is 1. The van der Waals surface area contributed by atoms with Crippen molar-refractivity contribution in [2.75, 3.05) is 36.4 Å². The first-order chi connectivity index (χ1) is 9.34. The molecule has 0 bridgehead atoms. The van der Waals surface area contributed by atoms with Gasteiger partial charge < -0.3 is 15.5 Å². The van der Waals surface area contributed by atoms with Crippen LogP contribution in [0.5, 0.6) is 0 Å². The molecular weight excluding hydrogens is 238 g/mol. The average molecular weight is 259 g/mol. The van der Waals surface area contributed by atoms with E-state index in [-0.39, 0.29) is 11.8 Å². The Morgan fingerprint density at radius 3 is 2.63 bits per heavy atom. The number of hydrogen-bond donors (Lipinski definition) is 2. The van der Waals surface area contributed by atoms with Gasteiger partial charge in [-0.3, -0.25) is 4.79 Å². The van der Waals surface area contributed by atoms with E-state index < -0.39 is 0 Å². The second kappa shape index (κ2) is 5.61. The molecule has 1 aromatic carbocycles. The van der Waals surface area contributed by atoms with Crippen LogP contribution in [-0.4, -0.2) is 32.1 Å². The largest absolute Gasteiger partial charge is 0.367 e. The van der Waals surface area contributed by atoms with Gasteiger partial charge in [0.25, 0.3) is 0 Å². The van der Waals surface area contributed by atoms with E-state index in [1.165, 1.54) is 6.42 Å². The zero-order chi connectivity index (χ0) is 13.1. The summed E-state index contributed by atoms with van der Waals surface area (Å²) in [6.45, 7) is 4.00. The van der Waals surface area contributed by atoms with Crippen molar-refractivity contribution in [3.05, 3.63) is 24.3 Å². The Hall–Kier alpha value is -1.55. The predicted octanol–water partition coefficient (Wildman–Crippen LogP) is 1.83. The normalized spacial score (nSPS) is 19.9. The van der Waals surface area contributed by atoms with Gasteiger partial charge in [-0.2, -0.15) is 0 Å². The number of para-hydroxylation sites is 2. The van der Waals surface area contributed by atoms with Crippen LogP contribution in [0.1, 0.15) is 19.3 Å². The first-order valence-corrected chi connectivity index (χ1v) is 7.20. The molecule has 1 amide bonds. The second-order valence-electron chi connectivity index (χ2n) is 5.37. The average Bonchev–Trinajstić information content (AvgIpc) is 2.38. The van der Waals surface area contributed by atoms with Crippen molar-refractivity contribution >= 4 is 17.3 Å². The van der Waals surface area contributed by atoms with Gasteiger partial charge in [0, 0.05) is 32.1 Å². The Kier molecular flexibility index (Phi) is 3.69. The van der Waals surface area contributed by atoms with E-state index in [0.717, 1.165) is 50.4 Å². The van der Waals surface area contributed by atoms with E-state index in [4.69, 9.17) is 0 Å². The number of carbonyl (C=O) groups excluding carboxylic acids is 1. The maximum absolute atomic E-state index is 12.1. The molecule has 1 heterocycles. The van der Waals surface area contributed by atoms with Crippen LogP contribution in [0.3, 0.4) is 0 Å². The van der Waals surface area contributed by atoms with Crippen molar-refractivity contribution in [3.63, 3.8) is 0 Å². The molecule has 1 aliphatic carbocycles. The fourth-order valence-electron chi connectivity index (χ4n) is 2.67. The quantitative estimate of drug-likeness (QED) is 0.870. The van der Waals surface area contributed by atoms with Gasteiger partial charge in [-0.25, -0.2) is 0 Å². The number of anilines is 2. The minimum atomic E-state index is 0.189. The van der Waals surface area contributed by atoms with E-state index in [0.29, 0.717) is 0 Å².